The van der Waals surface area contributed by atoms with Gasteiger partial charge in [0.1, 0.15) is 11.1 Å². The number of hydrogen-bond donors (Lipinski definition) is 3. The van der Waals surface area contributed by atoms with Crippen LogP contribution in [0.1, 0.15) is 104 Å². The summed E-state index contributed by atoms with van der Waals surface area (Å²) in [5, 5.41) is 22.6. The molecule has 0 aliphatic heterocycles. The number of rotatable bonds is 7. The van der Waals surface area contributed by atoms with E-state index in [0.29, 0.717) is 5.56 Å². The molecule has 192 valence electrons. The first-order chi connectivity index (χ1) is 16.9. The molecule has 0 unspecified atom stereocenters. The van der Waals surface area contributed by atoms with Crippen LogP contribution in [0.3, 0.4) is 0 Å². The molecule has 3 rings (SSSR count). The van der Waals surface area contributed by atoms with E-state index < -0.39 is 23.0 Å². The molecular weight excluding hydrogens is 450 g/mol. The van der Waals surface area contributed by atoms with E-state index in [1.165, 1.54) is 19.4 Å². The standard InChI is InChI=1S/C31H39NO4/c1-7-31(8-2,24-12-11-23(21(3)19-24)15-18-30(36)16-9-10-17-30)25-13-14-26(22(4)20-25)27(33)32-29(5,6)28(34)35/h11-14,19-20,36H,7-10,16-17H2,1-6H3,(H,32,33)(H,34,35). The molecule has 0 radical (unpaired) electrons. The minimum atomic E-state index is -1.35. The van der Waals surface area contributed by atoms with Gasteiger partial charge in [-0.1, -0.05) is 50.0 Å². The lowest BCUT2D eigenvalue weighted by molar-refractivity contribution is -0.143. The summed E-state index contributed by atoms with van der Waals surface area (Å²) in [6.45, 7) is 11.2. The van der Waals surface area contributed by atoms with E-state index in [2.05, 4.69) is 56.1 Å². The molecule has 2 aromatic rings. The van der Waals surface area contributed by atoms with Crippen LogP contribution in [-0.4, -0.2) is 33.2 Å². The number of carbonyl (C=O) groups is 2. The third-order valence-electron chi connectivity index (χ3n) is 7.83. The zero-order chi connectivity index (χ0) is 26.7. The summed E-state index contributed by atoms with van der Waals surface area (Å²) in [4.78, 5) is 24.2. The van der Waals surface area contributed by atoms with Gasteiger partial charge in [-0.15, -0.1) is 0 Å². The zero-order valence-corrected chi connectivity index (χ0v) is 22.4. The molecule has 36 heavy (non-hydrogen) atoms. The quantitative estimate of drug-likeness (QED) is 0.438. The van der Waals surface area contributed by atoms with Crippen molar-refractivity contribution in [1.29, 1.82) is 0 Å². The van der Waals surface area contributed by atoms with Gasteiger partial charge in [-0.2, -0.15) is 0 Å². The molecule has 0 bridgehead atoms. The average Bonchev–Trinajstić information content (AvgIpc) is 3.26. The van der Waals surface area contributed by atoms with Crippen molar-refractivity contribution in [3.05, 3.63) is 69.8 Å². The molecule has 5 nitrogen and oxygen atoms in total. The van der Waals surface area contributed by atoms with Gasteiger partial charge >= 0.3 is 5.97 Å². The average molecular weight is 490 g/mol. The summed E-state index contributed by atoms with van der Waals surface area (Å²) in [6, 6.07) is 12.2. The predicted molar refractivity (Wildman–Crippen MR) is 143 cm³/mol. The minimum absolute atomic E-state index is 0.236. The Morgan fingerprint density at radius 3 is 2.03 bits per heavy atom. The van der Waals surface area contributed by atoms with E-state index in [1.54, 1.807) is 6.07 Å². The Balaban J connectivity index is 1.95. The monoisotopic (exact) mass is 489 g/mol. The summed E-state index contributed by atoms with van der Waals surface area (Å²) in [7, 11) is 0. The van der Waals surface area contributed by atoms with E-state index in [0.717, 1.165) is 60.8 Å². The van der Waals surface area contributed by atoms with Gasteiger partial charge in [0.15, 0.2) is 0 Å². The van der Waals surface area contributed by atoms with Gasteiger partial charge in [-0.3, -0.25) is 4.79 Å². The number of nitrogens with one attached hydrogen (secondary N) is 1. The van der Waals surface area contributed by atoms with Gasteiger partial charge < -0.3 is 15.5 Å². The maximum atomic E-state index is 12.8. The van der Waals surface area contributed by atoms with Gasteiger partial charge in [-0.25, -0.2) is 4.79 Å². The van der Waals surface area contributed by atoms with Crippen molar-refractivity contribution >= 4 is 11.9 Å². The maximum Gasteiger partial charge on any atom is 0.328 e. The highest BCUT2D eigenvalue weighted by molar-refractivity contribution is 5.98. The molecule has 0 spiro atoms. The van der Waals surface area contributed by atoms with Gasteiger partial charge in [-0.05, 0) is 101 Å². The van der Waals surface area contributed by atoms with Gasteiger partial charge in [0, 0.05) is 16.5 Å². The topological polar surface area (TPSA) is 86.6 Å². The number of amides is 1. The van der Waals surface area contributed by atoms with Crippen LogP contribution in [0.25, 0.3) is 0 Å². The number of aliphatic hydroxyl groups is 1. The van der Waals surface area contributed by atoms with Crippen LogP contribution < -0.4 is 5.32 Å². The lowest BCUT2D eigenvalue weighted by Crippen LogP contribution is -2.49. The Morgan fingerprint density at radius 2 is 1.53 bits per heavy atom. The van der Waals surface area contributed by atoms with Crippen molar-refractivity contribution in [2.45, 2.75) is 96.6 Å². The zero-order valence-electron chi connectivity index (χ0n) is 22.4. The van der Waals surface area contributed by atoms with Crippen molar-refractivity contribution in [3.63, 3.8) is 0 Å². The summed E-state index contributed by atoms with van der Waals surface area (Å²) >= 11 is 0. The first-order valence-corrected chi connectivity index (χ1v) is 12.9. The minimum Gasteiger partial charge on any atom is -0.480 e. The van der Waals surface area contributed by atoms with Gasteiger partial charge in [0.2, 0.25) is 0 Å². The summed E-state index contributed by atoms with van der Waals surface area (Å²) in [5.41, 5.74) is 3.17. The first kappa shape index (κ1) is 27.5. The molecule has 1 aliphatic rings. The SMILES string of the molecule is CCC(CC)(c1ccc(C#CC2(O)CCCC2)c(C)c1)c1ccc(C(=O)NC(C)(C)C(=O)O)c(C)c1. The van der Waals surface area contributed by atoms with Crippen molar-refractivity contribution < 1.29 is 19.8 Å². The smallest absolute Gasteiger partial charge is 0.328 e. The van der Waals surface area contributed by atoms with Gasteiger partial charge in [0.05, 0.1) is 0 Å². The normalized spacial score (nSPS) is 15.2. The Hall–Kier alpha value is -3.10. The largest absolute Gasteiger partial charge is 0.480 e. The highest BCUT2D eigenvalue weighted by Gasteiger charge is 2.33. The van der Waals surface area contributed by atoms with E-state index >= 15 is 0 Å². The second-order valence-electron chi connectivity index (χ2n) is 10.7. The number of carboxylic acids is 1. The van der Waals surface area contributed by atoms with E-state index in [-0.39, 0.29) is 5.41 Å². The van der Waals surface area contributed by atoms with E-state index in [9.17, 15) is 19.8 Å². The number of aryl methyl sites for hydroxylation is 2. The van der Waals surface area contributed by atoms with Crippen molar-refractivity contribution in [1.82, 2.24) is 5.32 Å². The Labute approximate surface area is 215 Å². The van der Waals surface area contributed by atoms with Crippen LogP contribution in [0.2, 0.25) is 0 Å². The summed E-state index contributed by atoms with van der Waals surface area (Å²) < 4.78 is 0. The third-order valence-corrected chi connectivity index (χ3v) is 7.83. The van der Waals surface area contributed by atoms with Crippen LogP contribution in [-0.2, 0) is 10.2 Å². The van der Waals surface area contributed by atoms with Crippen LogP contribution in [0, 0.1) is 25.7 Å². The Morgan fingerprint density at radius 1 is 0.972 bits per heavy atom. The number of hydrogen-bond acceptors (Lipinski definition) is 3. The fraction of sp³-hybridized carbons (Fsp3) is 0.484. The fourth-order valence-electron chi connectivity index (χ4n) is 5.22. The maximum absolute atomic E-state index is 12.8. The Kier molecular flexibility index (Phi) is 8.00. The fourth-order valence-corrected chi connectivity index (χ4v) is 5.22. The van der Waals surface area contributed by atoms with Crippen molar-refractivity contribution in [3.8, 4) is 11.8 Å². The predicted octanol–water partition coefficient (Wildman–Crippen LogP) is 5.66. The highest BCUT2D eigenvalue weighted by Crippen LogP contribution is 2.40. The molecule has 0 saturated heterocycles. The third kappa shape index (κ3) is 5.50. The van der Waals surface area contributed by atoms with Crippen molar-refractivity contribution in [2.75, 3.05) is 0 Å². The molecule has 1 aliphatic carbocycles. The number of benzene rings is 2. The Bertz CT molecular complexity index is 1200. The molecule has 3 N–H and O–H groups in total. The van der Waals surface area contributed by atoms with Crippen LogP contribution in [0.15, 0.2) is 36.4 Å². The molecule has 0 heterocycles. The summed E-state index contributed by atoms with van der Waals surface area (Å²) in [5.74, 6) is 4.85. The molecule has 1 amide bonds. The molecule has 1 saturated carbocycles. The van der Waals surface area contributed by atoms with E-state index in [4.69, 9.17) is 0 Å². The lowest BCUT2D eigenvalue weighted by Gasteiger charge is -2.34. The molecular formula is C31H39NO4. The van der Waals surface area contributed by atoms with Crippen LogP contribution in [0.4, 0.5) is 0 Å². The second kappa shape index (κ2) is 10.5. The molecule has 0 atom stereocenters. The first-order valence-electron chi connectivity index (χ1n) is 12.9. The summed E-state index contributed by atoms with van der Waals surface area (Å²) in [6.07, 6.45) is 5.29. The molecule has 0 aromatic heterocycles. The number of carboxylic acid groups (broad SMARTS) is 1. The lowest BCUT2D eigenvalue weighted by atomic mass is 9.69. The van der Waals surface area contributed by atoms with Crippen LogP contribution in [0.5, 0.6) is 0 Å². The molecule has 1 fully saturated rings. The molecule has 2 aromatic carbocycles. The highest BCUT2D eigenvalue weighted by atomic mass is 16.4. The van der Waals surface area contributed by atoms with Crippen molar-refractivity contribution in [2.24, 2.45) is 0 Å². The van der Waals surface area contributed by atoms with Crippen LogP contribution >= 0.6 is 0 Å². The number of aliphatic carboxylic acids is 1. The number of carbonyl (C=O) groups excluding carboxylic acids is 1. The second-order valence-corrected chi connectivity index (χ2v) is 10.7. The van der Waals surface area contributed by atoms with Gasteiger partial charge in [0.25, 0.3) is 5.91 Å². The van der Waals surface area contributed by atoms with E-state index in [1.807, 2.05) is 19.1 Å². The molecule has 5 heteroatoms.